The lowest BCUT2D eigenvalue weighted by Crippen LogP contribution is -2.54. The molecular formula is C26H34N4O5S. The summed E-state index contributed by atoms with van der Waals surface area (Å²) in [6.07, 6.45) is 2.82. The minimum absolute atomic E-state index is 0.0747. The van der Waals surface area contributed by atoms with Gasteiger partial charge in [-0.15, -0.1) is 0 Å². The van der Waals surface area contributed by atoms with Crippen LogP contribution in [-0.2, 0) is 38.6 Å². The van der Waals surface area contributed by atoms with E-state index in [2.05, 4.69) is 20.3 Å². The molecule has 3 rings (SSSR count). The highest BCUT2D eigenvalue weighted by molar-refractivity contribution is 7.03. The molecule has 0 saturated heterocycles. The number of rotatable bonds is 7. The second-order valence-electron chi connectivity index (χ2n) is 9.35. The Balaban J connectivity index is 1.62. The summed E-state index contributed by atoms with van der Waals surface area (Å²) >= 11 is 1.39. The van der Waals surface area contributed by atoms with Crippen LogP contribution in [0.5, 0.6) is 0 Å². The van der Waals surface area contributed by atoms with Gasteiger partial charge in [0.05, 0.1) is 11.7 Å². The van der Waals surface area contributed by atoms with Crippen LogP contribution in [0.15, 0.2) is 35.7 Å². The summed E-state index contributed by atoms with van der Waals surface area (Å²) in [6, 6.07) is 7.37. The first-order chi connectivity index (χ1) is 17.3. The Morgan fingerprint density at radius 2 is 1.94 bits per heavy atom. The Morgan fingerprint density at radius 3 is 2.69 bits per heavy atom. The van der Waals surface area contributed by atoms with Crippen molar-refractivity contribution in [2.45, 2.75) is 71.1 Å². The van der Waals surface area contributed by atoms with Crippen molar-refractivity contribution in [3.8, 4) is 0 Å². The fourth-order valence-electron chi connectivity index (χ4n) is 4.04. The van der Waals surface area contributed by atoms with Gasteiger partial charge in [0, 0.05) is 18.3 Å². The van der Waals surface area contributed by atoms with Gasteiger partial charge in [0.25, 0.3) is 5.91 Å². The van der Waals surface area contributed by atoms with E-state index in [1.807, 2.05) is 49.6 Å². The lowest BCUT2D eigenvalue weighted by molar-refractivity contribution is -0.140. The van der Waals surface area contributed by atoms with E-state index >= 15 is 0 Å². The van der Waals surface area contributed by atoms with Crippen LogP contribution in [0.4, 0.5) is 4.79 Å². The predicted molar refractivity (Wildman–Crippen MR) is 136 cm³/mol. The zero-order chi connectivity index (χ0) is 25.9. The topological polar surface area (TPSA) is 126 Å². The molecule has 2 aromatic rings. The van der Waals surface area contributed by atoms with Crippen molar-refractivity contribution in [2.24, 2.45) is 5.92 Å². The van der Waals surface area contributed by atoms with Crippen LogP contribution in [0.3, 0.4) is 0 Å². The third-order valence-corrected chi connectivity index (χ3v) is 6.67. The average Bonchev–Trinajstić information content (AvgIpc) is 3.30. The predicted octanol–water partition coefficient (Wildman–Crippen LogP) is 2.92. The van der Waals surface area contributed by atoms with Crippen LogP contribution in [0.1, 0.15) is 56.4 Å². The number of hydrogen-bond donors (Lipinski definition) is 3. The van der Waals surface area contributed by atoms with E-state index < -0.39 is 35.8 Å². The van der Waals surface area contributed by atoms with Crippen LogP contribution in [0.25, 0.3) is 0 Å². The molecule has 2 unspecified atom stereocenters. The van der Waals surface area contributed by atoms with Gasteiger partial charge in [0.15, 0.2) is 0 Å². The summed E-state index contributed by atoms with van der Waals surface area (Å²) in [6.45, 7) is 4.23. The molecule has 0 saturated carbocycles. The van der Waals surface area contributed by atoms with Gasteiger partial charge in [0.2, 0.25) is 11.7 Å². The number of ketones is 1. The quantitative estimate of drug-likeness (QED) is 0.488. The molecule has 0 aliphatic carbocycles. The molecule has 1 aromatic carbocycles. The van der Waals surface area contributed by atoms with Crippen LogP contribution in [0.2, 0.25) is 0 Å². The molecular weight excluding hydrogens is 480 g/mol. The molecule has 9 nitrogen and oxygen atoms in total. The Morgan fingerprint density at radius 1 is 1.17 bits per heavy atom. The van der Waals surface area contributed by atoms with Crippen LogP contribution >= 0.6 is 11.5 Å². The number of ether oxygens (including phenoxy) is 1. The normalized spacial score (nSPS) is 17.7. The highest BCUT2D eigenvalue weighted by Gasteiger charge is 2.30. The van der Waals surface area contributed by atoms with E-state index in [-0.39, 0.29) is 12.5 Å². The SMILES string of the molecule is CC(C)CC(NC(=O)OCc1ccccc1)C(=O)NC1CCCCc2csnc2CCNC(=O)C1=O. The van der Waals surface area contributed by atoms with E-state index in [1.54, 1.807) is 0 Å². The van der Waals surface area contributed by atoms with Crippen LogP contribution < -0.4 is 16.0 Å². The molecule has 36 heavy (non-hydrogen) atoms. The van der Waals surface area contributed by atoms with Gasteiger partial charge < -0.3 is 20.7 Å². The van der Waals surface area contributed by atoms with Crippen molar-refractivity contribution < 1.29 is 23.9 Å². The molecule has 3 N–H and O–H groups in total. The summed E-state index contributed by atoms with van der Waals surface area (Å²) in [5.74, 6) is -1.83. The third kappa shape index (κ3) is 8.44. The molecule has 1 aliphatic heterocycles. The van der Waals surface area contributed by atoms with E-state index in [9.17, 15) is 19.2 Å². The third-order valence-electron chi connectivity index (χ3n) is 5.95. The van der Waals surface area contributed by atoms with Crippen LogP contribution in [0, 0.1) is 5.92 Å². The number of amides is 3. The number of carbonyl (C=O) groups is 4. The molecule has 2 heterocycles. The highest BCUT2D eigenvalue weighted by Crippen LogP contribution is 2.16. The number of alkyl carbamates (subject to hydrolysis) is 1. The lowest BCUT2D eigenvalue weighted by atomic mass is 9.98. The summed E-state index contributed by atoms with van der Waals surface area (Å²) in [5, 5.41) is 10.0. The molecule has 3 amide bonds. The monoisotopic (exact) mass is 514 g/mol. The molecule has 1 aromatic heterocycles. The van der Waals surface area contributed by atoms with E-state index in [0.717, 1.165) is 29.7 Å². The zero-order valence-electron chi connectivity index (χ0n) is 20.7. The Bertz CT molecular complexity index is 1040. The second-order valence-corrected chi connectivity index (χ2v) is 9.98. The van der Waals surface area contributed by atoms with Gasteiger partial charge in [-0.25, -0.2) is 4.79 Å². The first kappa shape index (κ1) is 27.3. The number of Topliss-reactive ketones (excluding diaryl/α,β-unsaturated/α-hetero) is 1. The average molecular weight is 515 g/mol. The molecule has 2 atom stereocenters. The number of nitrogens with one attached hydrogen (secondary N) is 3. The largest absolute Gasteiger partial charge is 0.445 e. The first-order valence-corrected chi connectivity index (χ1v) is 13.2. The minimum atomic E-state index is -0.964. The number of aryl methyl sites for hydroxylation is 1. The fourth-order valence-corrected chi connectivity index (χ4v) is 4.81. The fraction of sp³-hybridized carbons (Fsp3) is 0.500. The molecule has 10 heteroatoms. The number of fused-ring (bicyclic) bond motifs is 1. The zero-order valence-corrected chi connectivity index (χ0v) is 21.6. The molecule has 1 aliphatic rings. The van der Waals surface area contributed by atoms with Gasteiger partial charge in [-0.2, -0.15) is 4.37 Å². The Hall–Kier alpha value is -3.27. The van der Waals surface area contributed by atoms with Crippen molar-refractivity contribution in [3.63, 3.8) is 0 Å². The van der Waals surface area contributed by atoms with Crippen molar-refractivity contribution >= 4 is 35.2 Å². The lowest BCUT2D eigenvalue weighted by Gasteiger charge is -2.24. The van der Waals surface area contributed by atoms with E-state index in [1.165, 1.54) is 11.5 Å². The maximum atomic E-state index is 13.1. The molecule has 0 bridgehead atoms. The van der Waals surface area contributed by atoms with Gasteiger partial charge in [0.1, 0.15) is 12.6 Å². The smallest absolute Gasteiger partial charge is 0.408 e. The summed E-state index contributed by atoms with van der Waals surface area (Å²) < 4.78 is 9.65. The van der Waals surface area contributed by atoms with Crippen molar-refractivity contribution in [1.29, 1.82) is 0 Å². The van der Waals surface area contributed by atoms with E-state index in [0.29, 0.717) is 32.2 Å². The van der Waals surface area contributed by atoms with Crippen LogP contribution in [-0.4, -0.2) is 46.7 Å². The number of benzene rings is 1. The molecule has 0 radical (unpaired) electrons. The first-order valence-electron chi connectivity index (χ1n) is 12.3. The van der Waals surface area contributed by atoms with Gasteiger partial charge in [-0.1, -0.05) is 50.6 Å². The summed E-state index contributed by atoms with van der Waals surface area (Å²) in [4.78, 5) is 50.9. The number of carbonyl (C=O) groups excluding carboxylic acids is 4. The molecule has 0 fully saturated rings. The number of nitrogens with zero attached hydrogens (tertiary/aromatic N) is 1. The van der Waals surface area contributed by atoms with Gasteiger partial charge >= 0.3 is 6.09 Å². The highest BCUT2D eigenvalue weighted by atomic mass is 32.1. The standard InChI is InChI=1S/C26H34N4O5S/c1-17(2)14-22(29-26(34)35-15-18-8-4-3-5-9-18)24(32)28-21-11-7-6-10-19-16-36-30-20(19)12-13-27-25(33)23(21)31/h3-5,8-9,16-17,21-22H,6-7,10-15H2,1-2H3,(H,27,33)(H,28,32)(H,29,34). The Labute approximate surface area is 215 Å². The Kier molecular flexibility index (Phi) is 10.4. The molecule has 194 valence electrons. The minimum Gasteiger partial charge on any atom is -0.445 e. The summed E-state index contributed by atoms with van der Waals surface area (Å²) in [5.41, 5.74) is 2.95. The maximum Gasteiger partial charge on any atom is 0.408 e. The summed E-state index contributed by atoms with van der Waals surface area (Å²) in [7, 11) is 0. The van der Waals surface area contributed by atoms with Gasteiger partial charge in [-0.3, -0.25) is 14.4 Å². The van der Waals surface area contributed by atoms with E-state index in [4.69, 9.17) is 4.74 Å². The maximum absolute atomic E-state index is 13.1. The van der Waals surface area contributed by atoms with Crippen molar-refractivity contribution in [2.75, 3.05) is 6.54 Å². The second kappa shape index (κ2) is 13.7. The van der Waals surface area contributed by atoms with Gasteiger partial charge in [-0.05, 0) is 54.3 Å². The van der Waals surface area contributed by atoms with Crippen molar-refractivity contribution in [3.05, 3.63) is 52.5 Å². The number of hydrogen-bond acceptors (Lipinski definition) is 7. The van der Waals surface area contributed by atoms with Crippen molar-refractivity contribution in [1.82, 2.24) is 20.3 Å². The number of aromatic nitrogens is 1. The molecule has 0 spiro atoms.